The molecule has 1 heterocycles. The lowest BCUT2D eigenvalue weighted by atomic mass is 10.0. The smallest absolute Gasteiger partial charge is 0.273 e. The van der Waals surface area contributed by atoms with E-state index in [1.807, 2.05) is 0 Å². The van der Waals surface area contributed by atoms with Crippen LogP contribution in [0.5, 0.6) is 0 Å². The van der Waals surface area contributed by atoms with Gasteiger partial charge in [-0.1, -0.05) is 24.3 Å². The first-order valence-corrected chi connectivity index (χ1v) is 8.56. The minimum Gasteiger partial charge on any atom is -0.457 e. The highest BCUT2D eigenvalue weighted by Gasteiger charge is 2.17. The van der Waals surface area contributed by atoms with Crippen LogP contribution in [0.25, 0.3) is 17.4 Å². The maximum atomic E-state index is 12.6. The van der Waals surface area contributed by atoms with Crippen LogP contribution >= 0.6 is 0 Å². The lowest BCUT2D eigenvalue weighted by Crippen LogP contribution is -2.02. The predicted octanol–water partition coefficient (Wildman–Crippen LogP) is 4.86. The van der Waals surface area contributed by atoms with Gasteiger partial charge in [0.15, 0.2) is 0 Å². The molecule has 3 aromatic rings. The molecule has 0 amide bonds. The Morgan fingerprint density at radius 1 is 1.07 bits per heavy atom. The number of hydrogen-bond donors (Lipinski definition) is 0. The fourth-order valence-corrected chi connectivity index (χ4v) is 2.75. The van der Waals surface area contributed by atoms with E-state index in [1.54, 1.807) is 31.2 Å². The van der Waals surface area contributed by atoms with Crippen LogP contribution in [0, 0.1) is 38.5 Å². The minimum absolute atomic E-state index is 0.00191. The number of nitro groups is 2. The Balaban J connectivity index is 1.93. The molecular weight excluding hydrogens is 390 g/mol. The van der Waals surface area contributed by atoms with Crippen molar-refractivity contribution in [2.75, 3.05) is 0 Å². The summed E-state index contributed by atoms with van der Waals surface area (Å²) in [7, 11) is 0. The summed E-state index contributed by atoms with van der Waals surface area (Å²) in [5.41, 5.74) is 0.378. The quantitative estimate of drug-likeness (QED) is 0.188. The van der Waals surface area contributed by atoms with Crippen molar-refractivity contribution < 1.29 is 19.1 Å². The number of Topliss-reactive ketones (excluding diaryl/α,β-unsaturated/α-hetero) is 1. The van der Waals surface area contributed by atoms with Crippen molar-refractivity contribution in [2.45, 2.75) is 6.92 Å². The normalized spacial score (nSPS) is 11.0. The number of carbonyl (C=O) groups is 1. The Bertz CT molecular complexity index is 1250. The molecule has 0 unspecified atom stereocenters. The minimum atomic E-state index is -0.690. The molecule has 0 aliphatic heterocycles. The molecule has 0 fully saturated rings. The average Bonchev–Trinajstić information content (AvgIpc) is 3.20. The van der Waals surface area contributed by atoms with E-state index < -0.39 is 15.6 Å². The number of nitro benzene ring substituents is 2. The molecule has 9 nitrogen and oxygen atoms in total. The molecule has 0 spiro atoms. The Hall–Kier alpha value is -4.58. The number of non-ortho nitro benzene ring substituents is 1. The maximum Gasteiger partial charge on any atom is 0.273 e. The molecule has 0 aliphatic rings. The molecule has 0 N–H and O–H groups in total. The molecule has 2 aromatic carbocycles. The largest absolute Gasteiger partial charge is 0.457 e. The second-order valence-corrected chi connectivity index (χ2v) is 6.27. The first-order valence-electron chi connectivity index (χ1n) is 8.56. The third-order valence-corrected chi connectivity index (χ3v) is 4.29. The van der Waals surface area contributed by atoms with Crippen LogP contribution in [0.3, 0.4) is 0 Å². The van der Waals surface area contributed by atoms with Crippen molar-refractivity contribution in [1.82, 2.24) is 0 Å². The van der Waals surface area contributed by atoms with E-state index in [0.29, 0.717) is 16.9 Å². The van der Waals surface area contributed by atoms with Crippen LogP contribution in [-0.4, -0.2) is 15.6 Å². The first-order chi connectivity index (χ1) is 14.3. The topological polar surface area (TPSA) is 140 Å². The zero-order valence-corrected chi connectivity index (χ0v) is 15.6. The van der Waals surface area contributed by atoms with E-state index in [0.717, 1.165) is 6.07 Å². The molecule has 0 saturated carbocycles. The third-order valence-electron chi connectivity index (χ3n) is 4.29. The SMILES string of the molecule is Cc1ccc(-c2ccc(/C=C(\C#N)C(=O)c3cccc([N+](=O)[O-])c3)o2)cc1[N+](=O)[O-]. The standard InChI is InChI=1S/C21H13N3O6/c1-13-5-6-14(11-19(13)24(28)29)20-8-7-18(30-20)10-16(12-22)21(25)15-3-2-4-17(9-15)23(26)27/h2-11H,1H3/b16-10+. The second kappa shape index (κ2) is 8.20. The lowest BCUT2D eigenvalue weighted by molar-refractivity contribution is -0.385. The number of nitrogens with zero attached hydrogens (tertiary/aromatic N) is 3. The summed E-state index contributed by atoms with van der Waals surface area (Å²) in [5.74, 6) is -0.182. The van der Waals surface area contributed by atoms with E-state index in [-0.39, 0.29) is 28.3 Å². The van der Waals surface area contributed by atoms with Gasteiger partial charge in [0, 0.05) is 41.0 Å². The van der Waals surface area contributed by atoms with E-state index in [2.05, 4.69) is 0 Å². The van der Waals surface area contributed by atoms with Gasteiger partial charge in [-0.2, -0.15) is 5.26 Å². The Morgan fingerprint density at radius 2 is 1.83 bits per heavy atom. The van der Waals surface area contributed by atoms with Gasteiger partial charge in [0.1, 0.15) is 23.2 Å². The van der Waals surface area contributed by atoms with Gasteiger partial charge in [-0.15, -0.1) is 0 Å². The summed E-state index contributed by atoms with van der Waals surface area (Å²) in [5, 5.41) is 31.4. The van der Waals surface area contributed by atoms with Gasteiger partial charge in [-0.3, -0.25) is 25.0 Å². The van der Waals surface area contributed by atoms with Gasteiger partial charge in [0.2, 0.25) is 5.78 Å². The van der Waals surface area contributed by atoms with Gasteiger partial charge < -0.3 is 4.42 Å². The van der Waals surface area contributed by atoms with E-state index >= 15 is 0 Å². The molecule has 0 aliphatic carbocycles. The predicted molar refractivity (Wildman–Crippen MR) is 107 cm³/mol. The molecule has 9 heteroatoms. The van der Waals surface area contributed by atoms with Crippen LogP contribution in [0.2, 0.25) is 0 Å². The van der Waals surface area contributed by atoms with Crippen LogP contribution in [-0.2, 0) is 0 Å². The molecule has 0 radical (unpaired) electrons. The Morgan fingerprint density at radius 3 is 2.50 bits per heavy atom. The van der Waals surface area contributed by atoms with Crippen molar-refractivity contribution in [3.8, 4) is 17.4 Å². The number of furan rings is 1. The van der Waals surface area contributed by atoms with Crippen molar-refractivity contribution in [3.63, 3.8) is 0 Å². The van der Waals surface area contributed by atoms with Crippen LogP contribution in [0.4, 0.5) is 11.4 Å². The molecule has 0 atom stereocenters. The number of hydrogen-bond acceptors (Lipinski definition) is 7. The van der Waals surface area contributed by atoms with Crippen molar-refractivity contribution in [2.24, 2.45) is 0 Å². The number of allylic oxidation sites excluding steroid dienone is 1. The second-order valence-electron chi connectivity index (χ2n) is 6.27. The molecule has 3 rings (SSSR count). The van der Waals surface area contributed by atoms with Crippen molar-refractivity contribution >= 4 is 23.2 Å². The molecule has 148 valence electrons. The number of nitriles is 1. The number of ketones is 1. The van der Waals surface area contributed by atoms with Crippen LogP contribution < -0.4 is 0 Å². The highest BCUT2D eigenvalue weighted by atomic mass is 16.6. The van der Waals surface area contributed by atoms with Gasteiger partial charge in [0.25, 0.3) is 11.4 Å². The Labute approximate surface area is 169 Å². The average molecular weight is 403 g/mol. The van der Waals surface area contributed by atoms with Crippen molar-refractivity contribution in [3.05, 3.63) is 97.3 Å². The molecule has 30 heavy (non-hydrogen) atoms. The highest BCUT2D eigenvalue weighted by Crippen LogP contribution is 2.29. The first kappa shape index (κ1) is 20.2. The zero-order chi connectivity index (χ0) is 21.8. The fraction of sp³-hybridized carbons (Fsp3) is 0.0476. The number of benzene rings is 2. The maximum absolute atomic E-state index is 12.6. The van der Waals surface area contributed by atoms with Gasteiger partial charge in [-0.25, -0.2) is 0 Å². The number of rotatable bonds is 6. The van der Waals surface area contributed by atoms with Crippen LogP contribution in [0.1, 0.15) is 21.7 Å². The Kier molecular flexibility index (Phi) is 5.51. The summed E-state index contributed by atoms with van der Waals surface area (Å²) in [6.07, 6.45) is 1.22. The van der Waals surface area contributed by atoms with Gasteiger partial charge >= 0.3 is 0 Å². The summed E-state index contributed by atoms with van der Waals surface area (Å²) in [6, 6.07) is 14.5. The van der Waals surface area contributed by atoms with E-state index in [4.69, 9.17) is 4.42 Å². The third kappa shape index (κ3) is 4.13. The fourth-order valence-electron chi connectivity index (χ4n) is 2.75. The van der Waals surface area contributed by atoms with Crippen molar-refractivity contribution in [1.29, 1.82) is 5.26 Å². The zero-order valence-electron chi connectivity index (χ0n) is 15.6. The summed E-state index contributed by atoms with van der Waals surface area (Å²) in [6.45, 7) is 1.62. The molecule has 0 saturated heterocycles. The molecule has 0 bridgehead atoms. The number of carbonyl (C=O) groups excluding carboxylic acids is 1. The van der Waals surface area contributed by atoms with Crippen LogP contribution in [0.15, 0.2) is 64.6 Å². The van der Waals surface area contributed by atoms with E-state index in [9.17, 15) is 30.3 Å². The summed E-state index contributed by atoms with van der Waals surface area (Å²) in [4.78, 5) is 33.4. The molecule has 1 aromatic heterocycles. The van der Waals surface area contributed by atoms with Gasteiger partial charge in [-0.05, 0) is 19.1 Å². The monoisotopic (exact) mass is 403 g/mol. The molecular formula is C21H13N3O6. The highest BCUT2D eigenvalue weighted by molar-refractivity contribution is 6.14. The van der Waals surface area contributed by atoms with Gasteiger partial charge in [0.05, 0.1) is 9.85 Å². The number of aryl methyl sites for hydroxylation is 1. The van der Waals surface area contributed by atoms with E-state index in [1.165, 1.54) is 36.4 Å². The summed E-state index contributed by atoms with van der Waals surface area (Å²) < 4.78 is 5.61. The summed E-state index contributed by atoms with van der Waals surface area (Å²) >= 11 is 0. The lowest BCUT2D eigenvalue weighted by Gasteiger charge is -2.01.